The van der Waals surface area contributed by atoms with Crippen molar-refractivity contribution in [3.05, 3.63) is 35.4 Å². The number of benzene rings is 1. The molecule has 1 N–H and O–H groups in total. The summed E-state index contributed by atoms with van der Waals surface area (Å²) in [7, 11) is 0. The first-order valence-corrected chi connectivity index (χ1v) is 5.52. The van der Waals surface area contributed by atoms with Crippen LogP contribution < -0.4 is 0 Å². The minimum Gasteiger partial charge on any atom is -0.466 e. The third-order valence-corrected chi connectivity index (χ3v) is 2.40. The minimum atomic E-state index is -0.170. The molecule has 0 aliphatic rings. The lowest BCUT2D eigenvalue weighted by Gasteiger charge is -2.10. The molecule has 1 atom stereocenters. The number of carbonyl (C=O) groups excluding carboxylic acids is 1. The molecule has 0 heterocycles. The molecule has 0 spiro atoms. The Labute approximate surface area is 96.1 Å². The van der Waals surface area contributed by atoms with Crippen molar-refractivity contribution in [3.63, 3.8) is 0 Å². The van der Waals surface area contributed by atoms with Crippen molar-refractivity contribution < 1.29 is 14.6 Å². The van der Waals surface area contributed by atoms with Gasteiger partial charge in [0.15, 0.2) is 0 Å². The second-order valence-electron chi connectivity index (χ2n) is 3.84. The lowest BCUT2D eigenvalue weighted by Crippen LogP contribution is -2.16. The highest BCUT2D eigenvalue weighted by Gasteiger charge is 2.14. The molecule has 1 rings (SSSR count). The second-order valence-corrected chi connectivity index (χ2v) is 3.84. The maximum Gasteiger partial charge on any atom is 0.308 e. The number of hydrogen-bond donors (Lipinski definition) is 1. The molecule has 3 heteroatoms. The van der Waals surface area contributed by atoms with E-state index < -0.39 is 0 Å². The van der Waals surface area contributed by atoms with E-state index in [-0.39, 0.29) is 18.5 Å². The average Bonchev–Trinajstić information content (AvgIpc) is 2.29. The van der Waals surface area contributed by atoms with Gasteiger partial charge >= 0.3 is 5.97 Å². The summed E-state index contributed by atoms with van der Waals surface area (Å²) < 4.78 is 4.94. The molecule has 0 amide bonds. The van der Waals surface area contributed by atoms with Crippen LogP contribution >= 0.6 is 0 Å². The van der Waals surface area contributed by atoms with Crippen molar-refractivity contribution >= 4 is 5.97 Å². The fraction of sp³-hybridized carbons (Fsp3) is 0.462. The van der Waals surface area contributed by atoms with E-state index in [9.17, 15) is 4.79 Å². The summed E-state index contributed by atoms with van der Waals surface area (Å²) >= 11 is 0. The van der Waals surface area contributed by atoms with Crippen LogP contribution in [0.15, 0.2) is 24.3 Å². The summed E-state index contributed by atoms with van der Waals surface area (Å²) in [5, 5.41) is 9.00. The minimum absolute atomic E-state index is 0.0294. The number of esters is 1. The van der Waals surface area contributed by atoms with E-state index in [2.05, 4.69) is 0 Å². The Kier molecular flexibility index (Phi) is 4.99. The van der Waals surface area contributed by atoms with Crippen LogP contribution in [0.25, 0.3) is 0 Å². The normalized spacial score (nSPS) is 12.2. The van der Waals surface area contributed by atoms with Gasteiger partial charge in [0.1, 0.15) is 0 Å². The molecule has 0 saturated heterocycles. The molecule has 16 heavy (non-hydrogen) atoms. The smallest absolute Gasteiger partial charge is 0.308 e. The molecule has 0 aromatic heterocycles. The van der Waals surface area contributed by atoms with Gasteiger partial charge < -0.3 is 9.84 Å². The number of aliphatic hydroxyl groups is 1. The van der Waals surface area contributed by atoms with Crippen LogP contribution in [0.1, 0.15) is 25.0 Å². The summed E-state index contributed by atoms with van der Waals surface area (Å²) in [6.07, 6.45) is 0.646. The Morgan fingerprint density at radius 1 is 1.44 bits per heavy atom. The zero-order chi connectivity index (χ0) is 12.0. The highest BCUT2D eigenvalue weighted by Crippen LogP contribution is 2.12. The van der Waals surface area contributed by atoms with Gasteiger partial charge in [0, 0.05) is 0 Å². The molecule has 1 aromatic rings. The molecule has 1 aromatic carbocycles. The third kappa shape index (κ3) is 3.66. The molecular formula is C13H18O3. The van der Waals surface area contributed by atoms with E-state index in [4.69, 9.17) is 9.84 Å². The lowest BCUT2D eigenvalue weighted by molar-refractivity contribution is -0.147. The van der Waals surface area contributed by atoms with Crippen molar-refractivity contribution in [3.8, 4) is 0 Å². The van der Waals surface area contributed by atoms with Gasteiger partial charge in [-0.15, -0.1) is 0 Å². The summed E-state index contributed by atoms with van der Waals surface area (Å²) in [6.45, 7) is 4.10. The highest BCUT2D eigenvalue weighted by atomic mass is 16.5. The summed E-state index contributed by atoms with van der Waals surface area (Å²) in [4.78, 5) is 11.4. The predicted molar refractivity (Wildman–Crippen MR) is 61.9 cm³/mol. The van der Waals surface area contributed by atoms with Crippen LogP contribution in [0.4, 0.5) is 0 Å². The maximum absolute atomic E-state index is 11.4. The SMILES string of the molecule is CCOC(=O)C(C)Cc1cccc(CO)c1. The van der Waals surface area contributed by atoms with Crippen LogP contribution in [0.2, 0.25) is 0 Å². The van der Waals surface area contributed by atoms with Crippen LogP contribution in [0.5, 0.6) is 0 Å². The molecule has 0 aliphatic carbocycles. The van der Waals surface area contributed by atoms with Crippen molar-refractivity contribution in [1.29, 1.82) is 0 Å². The molecule has 1 unspecified atom stereocenters. The third-order valence-electron chi connectivity index (χ3n) is 2.40. The monoisotopic (exact) mass is 222 g/mol. The van der Waals surface area contributed by atoms with Crippen LogP contribution in [-0.4, -0.2) is 17.7 Å². The zero-order valence-electron chi connectivity index (χ0n) is 9.77. The van der Waals surface area contributed by atoms with Gasteiger partial charge in [-0.2, -0.15) is 0 Å². The van der Waals surface area contributed by atoms with E-state index in [1.165, 1.54) is 0 Å². The summed E-state index contributed by atoms with van der Waals surface area (Å²) in [5.41, 5.74) is 1.92. The Bertz CT molecular complexity index is 347. The topological polar surface area (TPSA) is 46.5 Å². The van der Waals surface area contributed by atoms with Crippen molar-refractivity contribution in [1.82, 2.24) is 0 Å². The van der Waals surface area contributed by atoms with Crippen LogP contribution in [0.3, 0.4) is 0 Å². The molecule has 88 valence electrons. The van der Waals surface area contributed by atoms with E-state index in [0.29, 0.717) is 13.0 Å². The van der Waals surface area contributed by atoms with Gasteiger partial charge in [0.25, 0.3) is 0 Å². The molecule has 0 bridgehead atoms. The van der Waals surface area contributed by atoms with Crippen molar-refractivity contribution in [2.45, 2.75) is 26.9 Å². The van der Waals surface area contributed by atoms with Gasteiger partial charge in [-0.05, 0) is 24.5 Å². The number of ether oxygens (including phenoxy) is 1. The number of carbonyl (C=O) groups is 1. The zero-order valence-corrected chi connectivity index (χ0v) is 9.77. The van der Waals surface area contributed by atoms with Gasteiger partial charge in [-0.3, -0.25) is 4.79 Å². The molecule has 3 nitrogen and oxygen atoms in total. The fourth-order valence-corrected chi connectivity index (χ4v) is 1.58. The van der Waals surface area contributed by atoms with E-state index in [1.54, 1.807) is 6.92 Å². The Balaban J connectivity index is 2.61. The fourth-order valence-electron chi connectivity index (χ4n) is 1.58. The van der Waals surface area contributed by atoms with Crippen molar-refractivity contribution in [2.24, 2.45) is 5.92 Å². The van der Waals surface area contributed by atoms with Crippen LogP contribution in [0, 0.1) is 5.92 Å². The first-order chi connectivity index (χ1) is 7.67. The predicted octanol–water partition coefficient (Wildman–Crippen LogP) is 1.92. The Morgan fingerprint density at radius 2 is 2.12 bits per heavy atom. The first kappa shape index (κ1) is 12.7. The quantitative estimate of drug-likeness (QED) is 0.774. The summed E-state index contributed by atoms with van der Waals surface area (Å²) in [5.74, 6) is -0.314. The number of aliphatic hydroxyl groups excluding tert-OH is 1. The van der Waals surface area contributed by atoms with Crippen LogP contribution in [-0.2, 0) is 22.6 Å². The molecule has 0 saturated carbocycles. The van der Waals surface area contributed by atoms with Gasteiger partial charge in [0.2, 0.25) is 0 Å². The largest absolute Gasteiger partial charge is 0.466 e. The van der Waals surface area contributed by atoms with E-state index in [0.717, 1.165) is 11.1 Å². The maximum atomic E-state index is 11.4. The van der Waals surface area contributed by atoms with Gasteiger partial charge in [-0.1, -0.05) is 31.2 Å². The van der Waals surface area contributed by atoms with Crippen molar-refractivity contribution in [2.75, 3.05) is 6.61 Å². The molecular weight excluding hydrogens is 204 g/mol. The molecule has 0 radical (unpaired) electrons. The van der Waals surface area contributed by atoms with E-state index >= 15 is 0 Å². The Hall–Kier alpha value is -1.35. The Morgan fingerprint density at radius 3 is 2.75 bits per heavy atom. The molecule has 0 aliphatic heterocycles. The van der Waals surface area contributed by atoms with E-state index in [1.807, 2.05) is 31.2 Å². The summed E-state index contributed by atoms with van der Waals surface area (Å²) in [6, 6.07) is 7.61. The lowest BCUT2D eigenvalue weighted by atomic mass is 10.00. The highest BCUT2D eigenvalue weighted by molar-refractivity contribution is 5.72. The van der Waals surface area contributed by atoms with Gasteiger partial charge in [-0.25, -0.2) is 0 Å². The molecule has 0 fully saturated rings. The average molecular weight is 222 g/mol. The standard InChI is InChI=1S/C13H18O3/c1-3-16-13(15)10(2)7-11-5-4-6-12(8-11)9-14/h4-6,8,10,14H,3,7,9H2,1-2H3. The first-order valence-electron chi connectivity index (χ1n) is 5.52. The number of rotatable bonds is 5. The van der Waals surface area contributed by atoms with Gasteiger partial charge in [0.05, 0.1) is 19.1 Å². The second kappa shape index (κ2) is 6.28. The number of hydrogen-bond acceptors (Lipinski definition) is 3.